The van der Waals surface area contributed by atoms with E-state index in [1.165, 1.54) is 0 Å². The second-order valence-corrected chi connectivity index (χ2v) is 4.70. The Bertz CT molecular complexity index is 344. The van der Waals surface area contributed by atoms with Gasteiger partial charge in [-0.15, -0.1) is 11.8 Å². The van der Waals surface area contributed by atoms with Crippen LogP contribution in [0.3, 0.4) is 0 Å². The molecule has 0 aliphatic heterocycles. The van der Waals surface area contributed by atoms with E-state index >= 15 is 0 Å². The maximum absolute atomic E-state index is 10.2. The first-order valence-electron chi connectivity index (χ1n) is 4.54. The summed E-state index contributed by atoms with van der Waals surface area (Å²) in [6.45, 7) is 0. The van der Waals surface area contributed by atoms with Gasteiger partial charge in [0.25, 0.3) is 0 Å². The first-order valence-corrected chi connectivity index (χ1v) is 5.91. The molecule has 0 atom stereocenters. The molecule has 0 fully saturated rings. The van der Waals surface area contributed by atoms with Gasteiger partial charge in [-0.1, -0.05) is 11.6 Å². The van der Waals surface area contributed by atoms with Gasteiger partial charge >= 0.3 is 0 Å². The Morgan fingerprint density at radius 1 is 1.60 bits per heavy atom. The van der Waals surface area contributed by atoms with E-state index in [9.17, 15) is 4.79 Å². The van der Waals surface area contributed by atoms with Gasteiger partial charge in [-0.05, 0) is 6.07 Å². The van der Waals surface area contributed by atoms with Crippen LogP contribution < -0.4 is 4.90 Å². The highest BCUT2D eigenvalue weighted by Gasteiger charge is 2.06. The summed E-state index contributed by atoms with van der Waals surface area (Å²) >= 11 is 7.44. The topological polar surface area (TPSA) is 33.2 Å². The van der Waals surface area contributed by atoms with Crippen molar-refractivity contribution in [1.29, 1.82) is 0 Å². The Kier molecular flexibility index (Phi) is 4.91. The van der Waals surface area contributed by atoms with Gasteiger partial charge in [0.2, 0.25) is 0 Å². The van der Waals surface area contributed by atoms with Crippen LogP contribution in [0.4, 0.5) is 5.69 Å². The Morgan fingerprint density at radius 2 is 2.33 bits per heavy atom. The maximum atomic E-state index is 10.2. The van der Waals surface area contributed by atoms with Crippen LogP contribution in [0.5, 0.6) is 0 Å². The smallest absolute Gasteiger partial charge is 0.130 e. The Balaban J connectivity index is 2.82. The van der Waals surface area contributed by atoms with Crippen LogP contribution in [-0.2, 0) is 4.79 Å². The van der Waals surface area contributed by atoms with Crippen molar-refractivity contribution in [2.45, 2.75) is 11.3 Å². The second-order valence-electron chi connectivity index (χ2n) is 3.17. The number of thioether (sulfide) groups is 1. The zero-order valence-electron chi connectivity index (χ0n) is 8.74. The van der Waals surface area contributed by atoms with E-state index in [1.54, 1.807) is 18.0 Å². The minimum atomic E-state index is 0.481. The molecule has 0 saturated heterocycles. The van der Waals surface area contributed by atoms with Crippen molar-refractivity contribution in [2.24, 2.45) is 0 Å². The molecule has 0 radical (unpaired) electrons. The summed E-state index contributed by atoms with van der Waals surface area (Å²) in [6, 6.07) is 1.83. The van der Waals surface area contributed by atoms with Gasteiger partial charge in [-0.25, -0.2) is 4.98 Å². The molecule has 0 N–H and O–H groups in total. The summed E-state index contributed by atoms with van der Waals surface area (Å²) in [6.07, 6.45) is 3.22. The highest BCUT2D eigenvalue weighted by Crippen LogP contribution is 2.30. The van der Waals surface area contributed by atoms with Crippen LogP contribution in [0.15, 0.2) is 17.2 Å². The van der Waals surface area contributed by atoms with Crippen molar-refractivity contribution >= 4 is 35.3 Å². The van der Waals surface area contributed by atoms with Gasteiger partial charge in [0.05, 0.1) is 11.9 Å². The van der Waals surface area contributed by atoms with Crippen LogP contribution >= 0.6 is 23.4 Å². The van der Waals surface area contributed by atoms with E-state index < -0.39 is 0 Å². The number of hydrogen-bond donors (Lipinski definition) is 0. The van der Waals surface area contributed by atoms with Gasteiger partial charge in [0.1, 0.15) is 11.4 Å². The maximum Gasteiger partial charge on any atom is 0.130 e. The predicted molar refractivity (Wildman–Crippen MR) is 65.0 cm³/mol. The summed E-state index contributed by atoms with van der Waals surface area (Å²) in [7, 11) is 3.91. The molecule has 3 nitrogen and oxygen atoms in total. The molecule has 15 heavy (non-hydrogen) atoms. The molecule has 0 aromatic carbocycles. The Morgan fingerprint density at radius 3 is 2.93 bits per heavy atom. The number of aromatic nitrogens is 1. The summed E-state index contributed by atoms with van der Waals surface area (Å²) in [5.74, 6) is 0.769. The Hall–Kier alpha value is -0.740. The summed E-state index contributed by atoms with van der Waals surface area (Å²) < 4.78 is 0. The van der Waals surface area contributed by atoms with E-state index in [1.807, 2.05) is 25.1 Å². The highest BCUT2D eigenvalue weighted by molar-refractivity contribution is 7.99. The molecule has 0 spiro atoms. The average Bonchev–Trinajstić information content (AvgIpc) is 2.18. The highest BCUT2D eigenvalue weighted by atomic mass is 35.5. The van der Waals surface area contributed by atoms with Gasteiger partial charge in [0, 0.05) is 31.2 Å². The van der Waals surface area contributed by atoms with Crippen LogP contribution in [0.25, 0.3) is 0 Å². The van der Waals surface area contributed by atoms with E-state index in [0.29, 0.717) is 11.6 Å². The number of halogens is 1. The number of hydrogen-bond acceptors (Lipinski definition) is 4. The zero-order valence-corrected chi connectivity index (χ0v) is 10.3. The third kappa shape index (κ3) is 3.72. The lowest BCUT2D eigenvalue weighted by Gasteiger charge is -2.16. The molecule has 0 aliphatic rings. The fraction of sp³-hybridized carbons (Fsp3) is 0.400. The molecule has 0 amide bonds. The van der Waals surface area contributed by atoms with Crippen molar-refractivity contribution in [3.8, 4) is 0 Å². The van der Waals surface area contributed by atoms with Crippen LogP contribution in [0, 0.1) is 0 Å². The third-order valence-corrected chi connectivity index (χ3v) is 3.07. The first-order chi connectivity index (χ1) is 7.15. The molecule has 1 aromatic heterocycles. The minimum absolute atomic E-state index is 0.481. The van der Waals surface area contributed by atoms with Gasteiger partial charge in [0.15, 0.2) is 0 Å². The van der Waals surface area contributed by atoms with E-state index in [2.05, 4.69) is 4.98 Å². The lowest BCUT2D eigenvalue weighted by atomic mass is 10.4. The van der Waals surface area contributed by atoms with Crippen molar-refractivity contribution in [1.82, 2.24) is 4.98 Å². The molecular formula is C10H13ClN2OS. The number of carbonyl (C=O) groups excluding carboxylic acids is 1. The average molecular weight is 245 g/mol. The molecule has 1 aromatic rings. The second kappa shape index (κ2) is 5.98. The standard InChI is InChI=1S/C10H13ClN2OS/c1-13(2)8-7-12-10(11)6-9(8)15-5-3-4-14/h4,6-7H,3,5H2,1-2H3. The largest absolute Gasteiger partial charge is 0.376 e. The van der Waals surface area contributed by atoms with Crippen LogP contribution in [-0.4, -0.2) is 31.1 Å². The number of nitrogens with zero attached hydrogens (tertiary/aromatic N) is 2. The van der Waals surface area contributed by atoms with E-state index in [0.717, 1.165) is 22.6 Å². The monoisotopic (exact) mass is 244 g/mol. The third-order valence-electron chi connectivity index (χ3n) is 1.79. The molecule has 5 heteroatoms. The fourth-order valence-corrected chi connectivity index (χ4v) is 2.31. The molecule has 0 aliphatic carbocycles. The summed E-state index contributed by atoms with van der Waals surface area (Å²) in [5, 5.41) is 0.481. The Labute approximate surface area is 98.8 Å². The molecule has 1 heterocycles. The van der Waals surface area contributed by atoms with Gasteiger partial charge in [-0.3, -0.25) is 0 Å². The van der Waals surface area contributed by atoms with Crippen LogP contribution in [0.2, 0.25) is 5.15 Å². The molecule has 0 saturated carbocycles. The van der Waals surface area contributed by atoms with Gasteiger partial charge in [-0.2, -0.15) is 0 Å². The summed E-state index contributed by atoms with van der Waals surface area (Å²) in [5.41, 5.74) is 1.02. The quantitative estimate of drug-likeness (QED) is 0.345. The number of rotatable bonds is 5. The molecule has 1 rings (SSSR count). The van der Waals surface area contributed by atoms with Gasteiger partial charge < -0.3 is 9.69 Å². The van der Waals surface area contributed by atoms with E-state index in [4.69, 9.17) is 11.6 Å². The van der Waals surface area contributed by atoms with E-state index in [-0.39, 0.29) is 0 Å². The van der Waals surface area contributed by atoms with Crippen molar-refractivity contribution < 1.29 is 4.79 Å². The molecular weight excluding hydrogens is 232 g/mol. The fourth-order valence-electron chi connectivity index (χ4n) is 1.07. The lowest BCUT2D eigenvalue weighted by Crippen LogP contribution is -2.10. The number of anilines is 1. The molecule has 82 valence electrons. The number of pyridine rings is 1. The molecule has 0 unspecified atom stereocenters. The lowest BCUT2D eigenvalue weighted by molar-refractivity contribution is -0.107. The predicted octanol–water partition coefficient (Wildman–Crippen LogP) is 2.48. The normalized spacial score (nSPS) is 10.1. The summed E-state index contributed by atoms with van der Waals surface area (Å²) in [4.78, 5) is 17.3. The first kappa shape index (κ1) is 12.3. The zero-order chi connectivity index (χ0) is 11.3. The van der Waals surface area contributed by atoms with Crippen molar-refractivity contribution in [2.75, 3.05) is 24.7 Å². The van der Waals surface area contributed by atoms with Crippen LogP contribution in [0.1, 0.15) is 6.42 Å². The van der Waals surface area contributed by atoms with Crippen molar-refractivity contribution in [3.63, 3.8) is 0 Å². The number of aldehydes is 1. The molecule has 0 bridgehead atoms. The van der Waals surface area contributed by atoms with Crippen molar-refractivity contribution in [3.05, 3.63) is 17.4 Å². The SMILES string of the molecule is CN(C)c1cnc(Cl)cc1SCCC=O. The number of carbonyl (C=O) groups is 1. The minimum Gasteiger partial charge on any atom is -0.376 e.